The highest BCUT2D eigenvalue weighted by Crippen LogP contribution is 2.10. The first-order valence-corrected chi connectivity index (χ1v) is 5.26. The summed E-state index contributed by atoms with van der Waals surface area (Å²) in [5.41, 5.74) is 3.55. The van der Waals surface area contributed by atoms with Gasteiger partial charge in [-0.3, -0.25) is 15.2 Å². The van der Waals surface area contributed by atoms with Gasteiger partial charge in [0.15, 0.2) is 0 Å². The van der Waals surface area contributed by atoms with Crippen molar-refractivity contribution in [3.63, 3.8) is 0 Å². The fourth-order valence-electron chi connectivity index (χ4n) is 1.66. The number of nitriles is 1. The largest absolute Gasteiger partial charge is 0.333 e. The van der Waals surface area contributed by atoms with Gasteiger partial charge in [0.25, 0.3) is 5.91 Å². The smallest absolute Gasteiger partial charge is 0.267 e. The molecule has 0 aliphatic rings. The molecule has 1 amide bonds. The molecule has 0 aliphatic heterocycles. The topological polar surface area (TPSA) is 96.7 Å². The summed E-state index contributed by atoms with van der Waals surface area (Å²) in [5, 5.41) is 8.92. The predicted octanol–water partition coefficient (Wildman–Crippen LogP) is 0.407. The number of nitrogens with zero attached hydrogens (tertiary/aromatic N) is 3. The summed E-state index contributed by atoms with van der Waals surface area (Å²) in [6, 6.07) is 8.84. The van der Waals surface area contributed by atoms with Crippen LogP contribution in [0.5, 0.6) is 0 Å². The Kier molecular flexibility index (Phi) is 3.36. The minimum absolute atomic E-state index is 0.347. The first kappa shape index (κ1) is 11.8. The van der Waals surface area contributed by atoms with Crippen molar-refractivity contribution in [1.29, 1.82) is 5.26 Å². The second-order valence-corrected chi connectivity index (χ2v) is 3.60. The van der Waals surface area contributed by atoms with Gasteiger partial charge in [0.2, 0.25) is 0 Å². The number of amides is 1. The van der Waals surface area contributed by atoms with E-state index in [1.54, 1.807) is 41.2 Å². The second-order valence-electron chi connectivity index (χ2n) is 3.60. The molecule has 0 aliphatic carbocycles. The lowest BCUT2D eigenvalue weighted by Gasteiger charge is -2.08. The van der Waals surface area contributed by atoms with Gasteiger partial charge in [-0.25, -0.2) is 5.84 Å². The summed E-state index contributed by atoms with van der Waals surface area (Å²) in [5.74, 6) is 4.72. The molecule has 0 radical (unpaired) electrons. The van der Waals surface area contributed by atoms with Gasteiger partial charge >= 0.3 is 0 Å². The molecule has 0 aromatic carbocycles. The van der Waals surface area contributed by atoms with Gasteiger partial charge in [0.05, 0.1) is 17.8 Å². The zero-order valence-corrected chi connectivity index (χ0v) is 9.50. The molecule has 6 heteroatoms. The van der Waals surface area contributed by atoms with Crippen LogP contribution in [-0.4, -0.2) is 15.5 Å². The van der Waals surface area contributed by atoms with Crippen LogP contribution < -0.4 is 11.3 Å². The predicted molar refractivity (Wildman–Crippen MR) is 64.1 cm³/mol. The van der Waals surface area contributed by atoms with E-state index in [1.807, 2.05) is 0 Å². The first-order valence-electron chi connectivity index (χ1n) is 5.26. The van der Waals surface area contributed by atoms with Crippen molar-refractivity contribution in [3.8, 4) is 6.07 Å². The highest BCUT2D eigenvalue weighted by Gasteiger charge is 2.12. The van der Waals surface area contributed by atoms with E-state index in [0.29, 0.717) is 23.5 Å². The Labute approximate surface area is 104 Å². The Morgan fingerprint density at radius 1 is 1.50 bits per heavy atom. The van der Waals surface area contributed by atoms with Crippen LogP contribution in [-0.2, 0) is 6.54 Å². The summed E-state index contributed by atoms with van der Waals surface area (Å²) in [6.07, 6.45) is 3.36. The van der Waals surface area contributed by atoms with Crippen LogP contribution in [0.4, 0.5) is 0 Å². The molecule has 2 aromatic heterocycles. The average Bonchev–Trinajstić information content (AvgIpc) is 2.86. The van der Waals surface area contributed by atoms with Crippen molar-refractivity contribution in [2.24, 2.45) is 5.84 Å². The molecule has 0 bridgehead atoms. The van der Waals surface area contributed by atoms with Gasteiger partial charge in [0, 0.05) is 12.4 Å². The van der Waals surface area contributed by atoms with Gasteiger partial charge in [-0.15, -0.1) is 0 Å². The molecule has 2 aromatic rings. The summed E-state index contributed by atoms with van der Waals surface area (Å²) in [4.78, 5) is 15.7. The van der Waals surface area contributed by atoms with Crippen molar-refractivity contribution in [1.82, 2.24) is 15.0 Å². The molecule has 0 atom stereocenters. The van der Waals surface area contributed by atoms with E-state index >= 15 is 0 Å². The molecular weight excluding hydrogens is 230 g/mol. The lowest BCUT2D eigenvalue weighted by Crippen LogP contribution is -2.31. The van der Waals surface area contributed by atoms with E-state index in [0.717, 1.165) is 0 Å². The van der Waals surface area contributed by atoms with Crippen LogP contribution >= 0.6 is 0 Å². The summed E-state index contributed by atoms with van der Waals surface area (Å²) in [6.45, 7) is 0.347. The molecule has 3 N–H and O–H groups in total. The standard InChI is InChI=1S/C12H11N5O/c13-7-9-3-2-6-17(9)8-11-10(12(18)16-14)4-1-5-15-11/h1-6H,8,14H2,(H,16,18). The van der Waals surface area contributed by atoms with Crippen LogP contribution in [0.25, 0.3) is 0 Å². The highest BCUT2D eigenvalue weighted by atomic mass is 16.2. The normalized spacial score (nSPS) is 9.78. The number of rotatable bonds is 3. The number of carbonyl (C=O) groups excluding carboxylic acids is 1. The maximum atomic E-state index is 11.6. The van der Waals surface area contributed by atoms with Crippen molar-refractivity contribution in [2.45, 2.75) is 6.54 Å². The fourth-order valence-corrected chi connectivity index (χ4v) is 1.66. The van der Waals surface area contributed by atoms with Crippen LogP contribution in [0.2, 0.25) is 0 Å². The van der Waals surface area contributed by atoms with E-state index in [9.17, 15) is 4.79 Å². The molecule has 0 saturated carbocycles. The van der Waals surface area contributed by atoms with Gasteiger partial charge in [-0.05, 0) is 24.3 Å². The van der Waals surface area contributed by atoms with Gasteiger partial charge in [-0.1, -0.05) is 0 Å². The van der Waals surface area contributed by atoms with Crippen molar-refractivity contribution in [3.05, 3.63) is 53.6 Å². The lowest BCUT2D eigenvalue weighted by molar-refractivity contribution is 0.0952. The third-order valence-electron chi connectivity index (χ3n) is 2.53. The van der Waals surface area contributed by atoms with Crippen LogP contribution in [0.15, 0.2) is 36.7 Å². The van der Waals surface area contributed by atoms with Crippen molar-refractivity contribution >= 4 is 5.91 Å². The molecule has 0 spiro atoms. The number of hydrazine groups is 1. The van der Waals surface area contributed by atoms with Gasteiger partial charge < -0.3 is 4.57 Å². The quantitative estimate of drug-likeness (QED) is 0.462. The Morgan fingerprint density at radius 2 is 2.33 bits per heavy atom. The fraction of sp³-hybridized carbons (Fsp3) is 0.0833. The molecule has 2 rings (SSSR count). The first-order chi connectivity index (χ1) is 8.76. The Morgan fingerprint density at radius 3 is 3.06 bits per heavy atom. The molecule has 2 heterocycles. The molecule has 6 nitrogen and oxygen atoms in total. The number of aromatic nitrogens is 2. The Hall–Kier alpha value is -2.65. The zero-order valence-electron chi connectivity index (χ0n) is 9.50. The van der Waals surface area contributed by atoms with E-state index < -0.39 is 5.91 Å². The Balaban J connectivity index is 2.35. The second kappa shape index (κ2) is 5.12. The molecule has 90 valence electrons. The summed E-state index contributed by atoms with van der Waals surface area (Å²) < 4.78 is 1.72. The SMILES string of the molecule is N#Cc1cccn1Cc1ncccc1C(=O)NN. The number of pyridine rings is 1. The minimum Gasteiger partial charge on any atom is -0.333 e. The van der Waals surface area contributed by atoms with E-state index in [-0.39, 0.29) is 0 Å². The minimum atomic E-state index is -0.399. The molecule has 0 fully saturated rings. The molecule has 18 heavy (non-hydrogen) atoms. The van der Waals surface area contributed by atoms with E-state index in [4.69, 9.17) is 11.1 Å². The number of nitrogens with two attached hydrogens (primary N) is 1. The van der Waals surface area contributed by atoms with Crippen molar-refractivity contribution in [2.75, 3.05) is 0 Å². The lowest BCUT2D eigenvalue weighted by atomic mass is 10.2. The van der Waals surface area contributed by atoms with Gasteiger partial charge in [0.1, 0.15) is 11.8 Å². The maximum absolute atomic E-state index is 11.6. The molecular formula is C12H11N5O. The number of nitrogen functional groups attached to an aromatic ring is 1. The van der Waals surface area contributed by atoms with Crippen LogP contribution in [0.3, 0.4) is 0 Å². The van der Waals surface area contributed by atoms with Crippen molar-refractivity contribution < 1.29 is 4.79 Å². The van der Waals surface area contributed by atoms with E-state index in [2.05, 4.69) is 16.5 Å². The number of nitrogens with one attached hydrogen (secondary N) is 1. The van der Waals surface area contributed by atoms with Gasteiger partial charge in [-0.2, -0.15) is 5.26 Å². The highest BCUT2D eigenvalue weighted by molar-refractivity contribution is 5.94. The molecule has 0 unspecified atom stereocenters. The maximum Gasteiger partial charge on any atom is 0.267 e. The number of hydrogen-bond donors (Lipinski definition) is 2. The average molecular weight is 241 g/mol. The molecule has 0 saturated heterocycles. The van der Waals surface area contributed by atoms with Crippen LogP contribution in [0.1, 0.15) is 21.7 Å². The summed E-state index contributed by atoms with van der Waals surface area (Å²) >= 11 is 0. The number of carbonyl (C=O) groups is 1. The third-order valence-corrected chi connectivity index (χ3v) is 2.53. The number of hydrogen-bond acceptors (Lipinski definition) is 4. The zero-order chi connectivity index (χ0) is 13.0. The summed E-state index contributed by atoms with van der Waals surface area (Å²) in [7, 11) is 0. The van der Waals surface area contributed by atoms with E-state index in [1.165, 1.54) is 0 Å². The third kappa shape index (κ3) is 2.21. The van der Waals surface area contributed by atoms with Crippen LogP contribution in [0, 0.1) is 11.3 Å². The Bertz CT molecular complexity index is 611. The monoisotopic (exact) mass is 241 g/mol.